The number of rotatable bonds is 5. The number of alkyl halides is 3. The number of esters is 1. The van der Waals surface area contributed by atoms with Gasteiger partial charge in [-0.2, -0.15) is 13.2 Å². The first kappa shape index (κ1) is 19.9. The zero-order chi connectivity index (χ0) is 19.5. The van der Waals surface area contributed by atoms with Crippen LogP contribution in [0.25, 0.3) is 11.1 Å². The molecule has 0 radical (unpaired) electrons. The highest BCUT2D eigenvalue weighted by Crippen LogP contribution is 2.38. The van der Waals surface area contributed by atoms with Gasteiger partial charge < -0.3 is 10.5 Å². The van der Waals surface area contributed by atoms with Crippen LogP contribution in [0.4, 0.5) is 17.6 Å². The van der Waals surface area contributed by atoms with E-state index < -0.39 is 36.0 Å². The van der Waals surface area contributed by atoms with Crippen LogP contribution in [0, 0.1) is 12.7 Å². The molecule has 26 heavy (non-hydrogen) atoms. The summed E-state index contributed by atoms with van der Waals surface area (Å²) >= 11 is 0. The lowest BCUT2D eigenvalue weighted by atomic mass is 9.92. The highest BCUT2D eigenvalue weighted by atomic mass is 19.4. The largest absolute Gasteiger partial charge is 0.466 e. The molecule has 0 bridgehead atoms. The zero-order valence-corrected chi connectivity index (χ0v) is 14.4. The lowest BCUT2D eigenvalue weighted by molar-refractivity contribution is -0.143. The molecular formula is C19H19F4NO2. The number of ether oxygens (including phenoxy) is 1. The summed E-state index contributed by atoms with van der Waals surface area (Å²) in [5.41, 5.74) is 5.49. The highest BCUT2D eigenvalue weighted by molar-refractivity contribution is 5.72. The molecule has 0 aliphatic rings. The van der Waals surface area contributed by atoms with E-state index in [4.69, 9.17) is 10.5 Å². The molecule has 0 unspecified atom stereocenters. The van der Waals surface area contributed by atoms with E-state index in [0.29, 0.717) is 5.56 Å². The second-order valence-corrected chi connectivity index (χ2v) is 5.86. The van der Waals surface area contributed by atoms with Crippen LogP contribution in [0.5, 0.6) is 0 Å². The number of halogens is 4. The molecule has 0 aliphatic heterocycles. The smallest absolute Gasteiger partial charge is 0.419 e. The molecule has 2 N–H and O–H groups in total. The zero-order valence-electron chi connectivity index (χ0n) is 14.4. The Morgan fingerprint density at radius 3 is 2.46 bits per heavy atom. The van der Waals surface area contributed by atoms with Gasteiger partial charge >= 0.3 is 12.1 Å². The third-order valence-electron chi connectivity index (χ3n) is 3.95. The summed E-state index contributed by atoms with van der Waals surface area (Å²) in [5, 5.41) is 0. The van der Waals surface area contributed by atoms with Gasteiger partial charge in [0.25, 0.3) is 0 Å². The Morgan fingerprint density at radius 2 is 1.88 bits per heavy atom. The molecule has 0 saturated heterocycles. The predicted molar refractivity (Wildman–Crippen MR) is 89.8 cm³/mol. The normalized spacial score (nSPS) is 12.7. The van der Waals surface area contributed by atoms with Crippen molar-refractivity contribution in [1.29, 1.82) is 0 Å². The van der Waals surface area contributed by atoms with Gasteiger partial charge in [-0.1, -0.05) is 24.3 Å². The molecule has 2 rings (SSSR count). The summed E-state index contributed by atoms with van der Waals surface area (Å²) < 4.78 is 59.1. The van der Waals surface area contributed by atoms with Crippen LogP contribution in [0.3, 0.4) is 0 Å². The molecule has 7 heteroatoms. The summed E-state index contributed by atoms with van der Waals surface area (Å²) in [4.78, 5) is 11.6. The third kappa shape index (κ3) is 4.40. The minimum atomic E-state index is -4.89. The maximum absolute atomic E-state index is 14.5. The lowest BCUT2D eigenvalue weighted by Crippen LogP contribution is -2.20. The number of aryl methyl sites for hydroxylation is 1. The Kier molecular flexibility index (Phi) is 6.02. The highest BCUT2D eigenvalue weighted by Gasteiger charge is 2.36. The topological polar surface area (TPSA) is 52.3 Å². The molecule has 0 aromatic heterocycles. The maximum Gasteiger partial charge on any atom is 0.419 e. The van der Waals surface area contributed by atoms with E-state index in [1.165, 1.54) is 6.07 Å². The molecule has 0 heterocycles. The minimum absolute atomic E-state index is 0.102. The number of hydrogen-bond donors (Lipinski definition) is 1. The molecule has 0 aliphatic carbocycles. The van der Waals surface area contributed by atoms with Crippen molar-refractivity contribution in [2.24, 2.45) is 5.73 Å². The first-order valence-corrected chi connectivity index (χ1v) is 8.03. The van der Waals surface area contributed by atoms with E-state index in [1.54, 1.807) is 38.1 Å². The van der Waals surface area contributed by atoms with Crippen molar-refractivity contribution >= 4 is 5.97 Å². The van der Waals surface area contributed by atoms with E-state index >= 15 is 0 Å². The number of carbonyl (C=O) groups excluding carboxylic acids is 1. The number of nitrogens with two attached hydrogens (primary N) is 1. The fourth-order valence-electron chi connectivity index (χ4n) is 2.68. The van der Waals surface area contributed by atoms with Gasteiger partial charge in [-0.05, 0) is 42.7 Å². The van der Waals surface area contributed by atoms with Crippen LogP contribution in [0.15, 0.2) is 36.4 Å². The van der Waals surface area contributed by atoms with Crippen LogP contribution >= 0.6 is 0 Å². The van der Waals surface area contributed by atoms with Crippen molar-refractivity contribution in [2.75, 3.05) is 6.61 Å². The van der Waals surface area contributed by atoms with Gasteiger partial charge in [0.05, 0.1) is 18.6 Å². The van der Waals surface area contributed by atoms with Crippen LogP contribution < -0.4 is 5.73 Å². The van der Waals surface area contributed by atoms with Gasteiger partial charge in [0, 0.05) is 11.6 Å². The standard InChI is InChI=1S/C19H19F4NO2/c1-3-26-17(25)10-16(24)14-8-12(13-7-5-4-6-11(13)2)9-15(18(14)20)19(21,22)23/h4-9,16H,3,10,24H2,1-2H3/t16-/m0/s1. The molecule has 3 nitrogen and oxygen atoms in total. The molecule has 2 aromatic carbocycles. The van der Waals surface area contributed by atoms with Crippen molar-refractivity contribution < 1.29 is 27.1 Å². The Bertz CT molecular complexity index is 803. The van der Waals surface area contributed by atoms with E-state index in [-0.39, 0.29) is 17.7 Å². The average molecular weight is 369 g/mol. The van der Waals surface area contributed by atoms with Crippen LogP contribution in [-0.4, -0.2) is 12.6 Å². The van der Waals surface area contributed by atoms with Gasteiger partial charge in [0.1, 0.15) is 5.82 Å². The molecule has 1 atom stereocenters. The third-order valence-corrected chi connectivity index (χ3v) is 3.95. The van der Waals surface area contributed by atoms with Gasteiger partial charge in [0.2, 0.25) is 0 Å². The molecule has 140 valence electrons. The molecular weight excluding hydrogens is 350 g/mol. The van der Waals surface area contributed by atoms with Gasteiger partial charge in [-0.3, -0.25) is 4.79 Å². The monoisotopic (exact) mass is 369 g/mol. The second-order valence-electron chi connectivity index (χ2n) is 5.86. The van der Waals surface area contributed by atoms with Crippen molar-refractivity contribution in [1.82, 2.24) is 0 Å². The predicted octanol–water partition coefficient (Wildman–Crippen LogP) is 4.77. The Morgan fingerprint density at radius 1 is 1.23 bits per heavy atom. The van der Waals surface area contributed by atoms with Crippen LogP contribution in [0.1, 0.15) is 36.1 Å². The molecule has 0 spiro atoms. The van der Waals surface area contributed by atoms with Crippen LogP contribution in [0.2, 0.25) is 0 Å². The van der Waals surface area contributed by atoms with Gasteiger partial charge in [-0.25, -0.2) is 4.39 Å². The Hall–Kier alpha value is -2.41. The summed E-state index contributed by atoms with van der Waals surface area (Å²) in [6.45, 7) is 3.43. The first-order chi connectivity index (χ1) is 12.1. The van der Waals surface area contributed by atoms with Crippen molar-refractivity contribution in [3.8, 4) is 11.1 Å². The van der Waals surface area contributed by atoms with Gasteiger partial charge in [-0.15, -0.1) is 0 Å². The lowest BCUT2D eigenvalue weighted by Gasteiger charge is -2.19. The van der Waals surface area contributed by atoms with Crippen molar-refractivity contribution in [3.05, 3.63) is 58.9 Å². The Labute approximate surface area is 148 Å². The van der Waals surface area contributed by atoms with E-state index in [9.17, 15) is 22.4 Å². The fourth-order valence-corrected chi connectivity index (χ4v) is 2.68. The number of benzene rings is 2. The maximum atomic E-state index is 14.5. The quantitative estimate of drug-likeness (QED) is 0.610. The molecule has 0 amide bonds. The summed E-state index contributed by atoms with van der Waals surface area (Å²) in [5.74, 6) is -2.17. The molecule has 2 aromatic rings. The second kappa shape index (κ2) is 7.86. The van der Waals surface area contributed by atoms with E-state index in [1.807, 2.05) is 0 Å². The van der Waals surface area contributed by atoms with E-state index in [2.05, 4.69) is 0 Å². The Balaban J connectivity index is 2.58. The fraction of sp³-hybridized carbons (Fsp3) is 0.316. The summed E-state index contributed by atoms with van der Waals surface area (Å²) in [6.07, 6.45) is -5.31. The van der Waals surface area contributed by atoms with Crippen LogP contribution in [-0.2, 0) is 15.7 Å². The number of hydrogen-bond acceptors (Lipinski definition) is 3. The SMILES string of the molecule is CCOC(=O)C[C@H](N)c1cc(-c2ccccc2C)cc(C(F)(F)F)c1F. The minimum Gasteiger partial charge on any atom is -0.466 e. The first-order valence-electron chi connectivity index (χ1n) is 8.03. The van der Waals surface area contributed by atoms with Crippen molar-refractivity contribution in [3.63, 3.8) is 0 Å². The van der Waals surface area contributed by atoms with Crippen molar-refractivity contribution in [2.45, 2.75) is 32.5 Å². The average Bonchev–Trinajstić information content (AvgIpc) is 2.54. The summed E-state index contributed by atoms with van der Waals surface area (Å²) in [7, 11) is 0. The summed E-state index contributed by atoms with van der Waals surface area (Å²) in [6, 6.07) is 7.58. The van der Waals surface area contributed by atoms with E-state index in [0.717, 1.165) is 11.6 Å². The van der Waals surface area contributed by atoms with Gasteiger partial charge in [0.15, 0.2) is 0 Å². The number of carbonyl (C=O) groups is 1. The molecule has 0 saturated carbocycles. The molecule has 0 fully saturated rings.